The van der Waals surface area contributed by atoms with E-state index in [0.717, 1.165) is 0 Å². The first kappa shape index (κ1) is 15.3. The van der Waals surface area contributed by atoms with Crippen LogP contribution in [0.25, 0.3) is 0 Å². The van der Waals surface area contributed by atoms with Gasteiger partial charge in [-0.2, -0.15) is 17.6 Å². The highest BCUT2D eigenvalue weighted by atomic mass is 32.2. The van der Waals surface area contributed by atoms with E-state index in [0.29, 0.717) is 0 Å². The second-order valence-electron chi connectivity index (χ2n) is 3.87. The maximum Gasteiger partial charge on any atom is 0.446 e. The Labute approximate surface area is 121 Å². The topological polar surface area (TPSA) is 42.0 Å². The number of amides is 1. The maximum absolute atomic E-state index is 13.3. The fraction of sp³-hybridized carbons (Fsp3) is 0.0769. The van der Waals surface area contributed by atoms with Crippen LogP contribution in [0, 0.1) is 5.95 Å². The number of rotatable bonds is 3. The number of anilines is 1. The molecule has 21 heavy (non-hydrogen) atoms. The third-order valence-corrected chi connectivity index (χ3v) is 3.09. The highest BCUT2D eigenvalue weighted by Crippen LogP contribution is 2.37. The molecule has 0 radical (unpaired) electrons. The number of aromatic nitrogens is 1. The Balaban J connectivity index is 2.07. The highest BCUT2D eigenvalue weighted by molar-refractivity contribution is 8.00. The van der Waals surface area contributed by atoms with Gasteiger partial charge in [0.1, 0.15) is 0 Å². The van der Waals surface area contributed by atoms with E-state index < -0.39 is 17.4 Å². The van der Waals surface area contributed by atoms with E-state index in [1.165, 1.54) is 42.6 Å². The van der Waals surface area contributed by atoms with Crippen molar-refractivity contribution in [1.29, 1.82) is 0 Å². The third-order valence-electron chi connectivity index (χ3n) is 2.35. The lowest BCUT2D eigenvalue weighted by atomic mass is 10.2. The van der Waals surface area contributed by atoms with Crippen LogP contribution < -0.4 is 5.32 Å². The lowest BCUT2D eigenvalue weighted by Crippen LogP contribution is -2.14. The molecule has 0 aliphatic rings. The van der Waals surface area contributed by atoms with Crippen molar-refractivity contribution in [2.24, 2.45) is 0 Å². The minimum Gasteiger partial charge on any atom is -0.322 e. The van der Waals surface area contributed by atoms with Gasteiger partial charge in [0.25, 0.3) is 5.91 Å². The van der Waals surface area contributed by atoms with Crippen molar-refractivity contribution in [2.75, 3.05) is 5.32 Å². The van der Waals surface area contributed by atoms with Crippen LogP contribution >= 0.6 is 11.8 Å². The molecule has 3 nitrogen and oxygen atoms in total. The molecule has 0 fully saturated rings. The minimum atomic E-state index is -4.37. The lowest BCUT2D eigenvalue weighted by Gasteiger charge is -2.08. The fourth-order valence-corrected chi connectivity index (χ4v) is 2.03. The Hall–Kier alpha value is -2.09. The molecule has 0 saturated heterocycles. The molecule has 2 aromatic rings. The SMILES string of the molecule is O=C(Nc1ccc(SC(F)(F)F)cc1)c1cccnc1F. The van der Waals surface area contributed by atoms with Gasteiger partial charge in [0.15, 0.2) is 0 Å². The van der Waals surface area contributed by atoms with E-state index in [9.17, 15) is 22.4 Å². The Morgan fingerprint density at radius 1 is 1.14 bits per heavy atom. The zero-order valence-electron chi connectivity index (χ0n) is 10.3. The molecule has 110 valence electrons. The summed E-state index contributed by atoms with van der Waals surface area (Å²) in [7, 11) is 0. The summed E-state index contributed by atoms with van der Waals surface area (Å²) in [5.41, 5.74) is -4.36. The molecule has 0 bridgehead atoms. The van der Waals surface area contributed by atoms with Gasteiger partial charge in [0.2, 0.25) is 5.95 Å². The average Bonchev–Trinajstić information content (AvgIpc) is 2.40. The van der Waals surface area contributed by atoms with Crippen molar-refractivity contribution in [3.05, 3.63) is 54.1 Å². The number of nitrogens with one attached hydrogen (secondary N) is 1. The number of benzene rings is 1. The molecule has 1 N–H and O–H groups in total. The van der Waals surface area contributed by atoms with Crippen molar-refractivity contribution >= 4 is 23.4 Å². The van der Waals surface area contributed by atoms with Gasteiger partial charge in [-0.3, -0.25) is 4.79 Å². The van der Waals surface area contributed by atoms with Crippen molar-refractivity contribution in [2.45, 2.75) is 10.4 Å². The van der Waals surface area contributed by atoms with E-state index >= 15 is 0 Å². The summed E-state index contributed by atoms with van der Waals surface area (Å²) in [5.74, 6) is -1.64. The van der Waals surface area contributed by atoms with Crippen LogP contribution in [0.2, 0.25) is 0 Å². The van der Waals surface area contributed by atoms with E-state index in [-0.39, 0.29) is 27.9 Å². The molecule has 1 aromatic heterocycles. The van der Waals surface area contributed by atoms with Crippen LogP contribution in [-0.2, 0) is 0 Å². The molecule has 0 aliphatic heterocycles. The molecule has 1 amide bonds. The molecular weight excluding hydrogens is 308 g/mol. The largest absolute Gasteiger partial charge is 0.446 e. The molecule has 0 unspecified atom stereocenters. The van der Waals surface area contributed by atoms with Gasteiger partial charge in [-0.25, -0.2) is 4.98 Å². The molecular formula is C13H8F4N2OS. The number of carbonyl (C=O) groups excluding carboxylic acids is 1. The molecule has 0 spiro atoms. The average molecular weight is 316 g/mol. The minimum absolute atomic E-state index is 0.00643. The van der Waals surface area contributed by atoms with Gasteiger partial charge < -0.3 is 5.32 Å². The van der Waals surface area contributed by atoms with E-state index in [1.807, 2.05) is 0 Å². The zero-order chi connectivity index (χ0) is 15.5. The van der Waals surface area contributed by atoms with Gasteiger partial charge >= 0.3 is 5.51 Å². The summed E-state index contributed by atoms with van der Waals surface area (Å²) in [4.78, 5) is 15.1. The van der Waals surface area contributed by atoms with E-state index in [4.69, 9.17) is 0 Å². The van der Waals surface area contributed by atoms with Crippen LogP contribution in [0.5, 0.6) is 0 Å². The molecule has 0 atom stereocenters. The molecule has 0 saturated carbocycles. The predicted molar refractivity (Wildman–Crippen MR) is 70.5 cm³/mol. The van der Waals surface area contributed by atoms with Crippen molar-refractivity contribution in [1.82, 2.24) is 4.98 Å². The molecule has 8 heteroatoms. The fourth-order valence-electron chi connectivity index (χ4n) is 1.49. The number of pyridine rings is 1. The number of thioether (sulfide) groups is 1. The van der Waals surface area contributed by atoms with Crippen LogP contribution in [0.3, 0.4) is 0 Å². The Kier molecular flexibility index (Phi) is 4.46. The lowest BCUT2D eigenvalue weighted by molar-refractivity contribution is -0.0328. The zero-order valence-corrected chi connectivity index (χ0v) is 11.1. The second-order valence-corrected chi connectivity index (χ2v) is 5.01. The van der Waals surface area contributed by atoms with E-state index in [1.54, 1.807) is 0 Å². The van der Waals surface area contributed by atoms with Gasteiger partial charge in [-0.05, 0) is 48.2 Å². The van der Waals surface area contributed by atoms with Crippen LogP contribution in [-0.4, -0.2) is 16.4 Å². The van der Waals surface area contributed by atoms with Gasteiger partial charge in [-0.1, -0.05) is 0 Å². The summed E-state index contributed by atoms with van der Waals surface area (Å²) in [5, 5.41) is 2.38. The van der Waals surface area contributed by atoms with Crippen molar-refractivity contribution < 1.29 is 22.4 Å². The number of alkyl halides is 3. The number of hydrogen-bond acceptors (Lipinski definition) is 3. The number of halogens is 4. The molecule has 1 aromatic carbocycles. The first-order valence-corrected chi connectivity index (χ1v) is 6.44. The first-order valence-electron chi connectivity index (χ1n) is 5.63. The number of hydrogen-bond donors (Lipinski definition) is 1. The van der Waals surface area contributed by atoms with E-state index in [2.05, 4.69) is 10.3 Å². The summed E-state index contributed by atoms with van der Waals surface area (Å²) in [6.07, 6.45) is 1.20. The van der Waals surface area contributed by atoms with Gasteiger partial charge in [0.05, 0.1) is 5.56 Å². The standard InChI is InChI=1S/C13H8F4N2OS/c14-11-10(2-1-7-18-11)12(20)19-8-3-5-9(6-4-8)21-13(15,16)17/h1-7H,(H,19,20). The Morgan fingerprint density at radius 2 is 1.81 bits per heavy atom. The summed E-state index contributed by atoms with van der Waals surface area (Å²) in [6.45, 7) is 0. The number of carbonyl (C=O) groups is 1. The second kappa shape index (κ2) is 6.13. The Bertz CT molecular complexity index is 643. The van der Waals surface area contributed by atoms with Crippen LogP contribution in [0.4, 0.5) is 23.2 Å². The third kappa shape index (κ3) is 4.45. The highest BCUT2D eigenvalue weighted by Gasteiger charge is 2.29. The summed E-state index contributed by atoms with van der Waals surface area (Å²) < 4.78 is 49.8. The molecule has 0 aliphatic carbocycles. The molecule has 1 heterocycles. The van der Waals surface area contributed by atoms with Crippen LogP contribution in [0.1, 0.15) is 10.4 Å². The van der Waals surface area contributed by atoms with Crippen molar-refractivity contribution in [3.8, 4) is 0 Å². The normalized spacial score (nSPS) is 11.2. The monoisotopic (exact) mass is 316 g/mol. The smallest absolute Gasteiger partial charge is 0.322 e. The summed E-state index contributed by atoms with van der Waals surface area (Å²) in [6, 6.07) is 7.70. The molecule has 2 rings (SSSR count). The number of nitrogens with zero attached hydrogens (tertiary/aromatic N) is 1. The quantitative estimate of drug-likeness (QED) is 0.527. The van der Waals surface area contributed by atoms with Gasteiger partial charge in [0, 0.05) is 16.8 Å². The Morgan fingerprint density at radius 3 is 2.38 bits per heavy atom. The summed E-state index contributed by atoms with van der Waals surface area (Å²) >= 11 is -0.256. The van der Waals surface area contributed by atoms with Crippen LogP contribution in [0.15, 0.2) is 47.5 Å². The maximum atomic E-state index is 13.3. The van der Waals surface area contributed by atoms with Crippen molar-refractivity contribution in [3.63, 3.8) is 0 Å². The van der Waals surface area contributed by atoms with Gasteiger partial charge in [-0.15, -0.1) is 0 Å². The first-order chi connectivity index (χ1) is 9.85. The predicted octanol–water partition coefficient (Wildman–Crippen LogP) is 4.08.